The van der Waals surface area contributed by atoms with Crippen LogP contribution in [-0.4, -0.2) is 49.3 Å². The van der Waals surface area contributed by atoms with E-state index in [-0.39, 0.29) is 5.82 Å². The molecule has 8 heteroatoms. The number of ether oxygens (including phenoxy) is 1. The highest BCUT2D eigenvalue weighted by Crippen LogP contribution is 2.29. The summed E-state index contributed by atoms with van der Waals surface area (Å²) in [7, 11) is 0. The van der Waals surface area contributed by atoms with Gasteiger partial charge in [-0.15, -0.1) is 0 Å². The minimum Gasteiger partial charge on any atom is -0.391 e. The Morgan fingerprint density at radius 1 is 1.50 bits per heavy atom. The minimum atomic E-state index is -1.33. The summed E-state index contributed by atoms with van der Waals surface area (Å²) in [6, 6.07) is 1.37. The van der Waals surface area contributed by atoms with E-state index in [9.17, 15) is 20.1 Å². The number of nitrogens with zero attached hydrogens (tertiary/aromatic N) is 2. The van der Waals surface area contributed by atoms with Crippen LogP contribution in [0.4, 0.5) is 5.82 Å². The van der Waals surface area contributed by atoms with Crippen LogP contribution in [0.15, 0.2) is 17.1 Å². The van der Waals surface area contributed by atoms with Crippen molar-refractivity contribution in [3.05, 3.63) is 22.7 Å². The van der Waals surface area contributed by atoms with Gasteiger partial charge < -0.3 is 25.8 Å². The fourth-order valence-electron chi connectivity index (χ4n) is 1.93. The van der Waals surface area contributed by atoms with Crippen molar-refractivity contribution in [2.75, 3.05) is 5.73 Å². The van der Waals surface area contributed by atoms with Crippen LogP contribution >= 0.6 is 0 Å². The smallest absolute Gasteiger partial charge is 0.351 e. The predicted octanol–water partition coefficient (Wildman–Crippen LogP) is -2.17. The Bertz CT molecular complexity index is 489. The lowest BCUT2D eigenvalue weighted by atomic mass is 10.1. The quantitative estimate of drug-likeness (QED) is 0.474. The number of nitrogen functional groups attached to an aromatic ring is 1. The fourth-order valence-corrected chi connectivity index (χ4v) is 1.93. The molecule has 0 spiro atoms. The van der Waals surface area contributed by atoms with E-state index in [0.29, 0.717) is 0 Å². The number of nitrogens with two attached hydrogens (primary N) is 1. The summed E-state index contributed by atoms with van der Waals surface area (Å²) in [5, 5.41) is 28.9. The standard InChI is InChI=1S/C10H15N3O5/c1-4(14)8-6(15)7(16)9(18-8)13-3-2-5(11)12-10(13)17/h2-4,6-9,14-16H,1H3,(H2,11,12,17). The number of hydrogen-bond acceptors (Lipinski definition) is 7. The summed E-state index contributed by atoms with van der Waals surface area (Å²) in [5.74, 6) is 0.0522. The first-order valence-electron chi connectivity index (χ1n) is 5.46. The van der Waals surface area contributed by atoms with Gasteiger partial charge in [0.2, 0.25) is 0 Å². The first-order valence-corrected chi connectivity index (χ1v) is 5.46. The maximum Gasteiger partial charge on any atom is 0.351 e. The van der Waals surface area contributed by atoms with Gasteiger partial charge in [0, 0.05) is 6.20 Å². The Labute approximate surface area is 102 Å². The molecule has 0 aromatic carbocycles. The summed E-state index contributed by atoms with van der Waals surface area (Å²) in [5.41, 5.74) is 4.65. The van der Waals surface area contributed by atoms with Crippen LogP contribution < -0.4 is 11.4 Å². The monoisotopic (exact) mass is 257 g/mol. The summed E-state index contributed by atoms with van der Waals surface area (Å²) in [6.07, 6.45) is -4.32. The largest absolute Gasteiger partial charge is 0.391 e. The van der Waals surface area contributed by atoms with Crippen LogP contribution in [0.5, 0.6) is 0 Å². The molecule has 5 N–H and O–H groups in total. The number of aromatic nitrogens is 2. The van der Waals surface area contributed by atoms with Crippen LogP contribution in [0.3, 0.4) is 0 Å². The van der Waals surface area contributed by atoms with Crippen molar-refractivity contribution in [2.45, 2.75) is 37.6 Å². The molecule has 5 unspecified atom stereocenters. The number of aliphatic hydroxyl groups is 3. The lowest BCUT2D eigenvalue weighted by molar-refractivity contribution is -0.0803. The van der Waals surface area contributed by atoms with Gasteiger partial charge in [0.25, 0.3) is 0 Å². The van der Waals surface area contributed by atoms with Crippen LogP contribution in [0.25, 0.3) is 0 Å². The van der Waals surface area contributed by atoms with Crippen molar-refractivity contribution in [3.63, 3.8) is 0 Å². The number of hydrogen-bond donors (Lipinski definition) is 4. The molecule has 18 heavy (non-hydrogen) atoms. The molecule has 1 aromatic rings. The highest BCUT2D eigenvalue weighted by atomic mass is 16.6. The number of rotatable bonds is 2. The van der Waals surface area contributed by atoms with E-state index in [0.717, 1.165) is 4.57 Å². The second kappa shape index (κ2) is 4.65. The highest BCUT2D eigenvalue weighted by molar-refractivity contribution is 5.23. The second-order valence-electron chi connectivity index (χ2n) is 4.26. The topological polar surface area (TPSA) is 131 Å². The highest BCUT2D eigenvalue weighted by Gasteiger charge is 2.46. The maximum atomic E-state index is 11.6. The zero-order chi connectivity index (χ0) is 13.4. The lowest BCUT2D eigenvalue weighted by Crippen LogP contribution is -2.38. The Kier molecular flexibility index (Phi) is 3.35. The van der Waals surface area contributed by atoms with Crippen LogP contribution in [0, 0.1) is 0 Å². The molecule has 0 amide bonds. The summed E-state index contributed by atoms with van der Waals surface area (Å²) >= 11 is 0. The van der Waals surface area contributed by atoms with Crippen LogP contribution in [0.2, 0.25) is 0 Å². The molecule has 1 aromatic heterocycles. The minimum absolute atomic E-state index is 0.0522. The van der Waals surface area contributed by atoms with Crippen LogP contribution in [0.1, 0.15) is 13.2 Å². The van der Waals surface area contributed by atoms with Gasteiger partial charge in [0.05, 0.1) is 6.10 Å². The Morgan fingerprint density at radius 3 is 2.67 bits per heavy atom. The normalized spacial score (nSPS) is 33.6. The lowest BCUT2D eigenvalue weighted by Gasteiger charge is -2.17. The maximum absolute atomic E-state index is 11.6. The molecule has 2 heterocycles. The zero-order valence-corrected chi connectivity index (χ0v) is 9.67. The number of anilines is 1. The average molecular weight is 257 g/mol. The predicted molar refractivity (Wildman–Crippen MR) is 60.5 cm³/mol. The van der Waals surface area contributed by atoms with E-state index in [1.807, 2.05) is 0 Å². The Balaban J connectivity index is 2.32. The summed E-state index contributed by atoms with van der Waals surface area (Å²) < 4.78 is 6.31. The molecule has 8 nitrogen and oxygen atoms in total. The Hall–Kier alpha value is -1.48. The van der Waals surface area contributed by atoms with Crippen molar-refractivity contribution in [3.8, 4) is 0 Å². The van der Waals surface area contributed by atoms with E-state index >= 15 is 0 Å². The average Bonchev–Trinajstić information content (AvgIpc) is 2.57. The van der Waals surface area contributed by atoms with E-state index in [1.165, 1.54) is 19.2 Å². The van der Waals surface area contributed by atoms with Gasteiger partial charge in [-0.3, -0.25) is 4.57 Å². The molecular weight excluding hydrogens is 242 g/mol. The third kappa shape index (κ3) is 2.10. The van der Waals surface area contributed by atoms with Gasteiger partial charge in [0.1, 0.15) is 24.1 Å². The molecule has 0 saturated carbocycles. The van der Waals surface area contributed by atoms with Crippen molar-refractivity contribution >= 4 is 5.82 Å². The van der Waals surface area contributed by atoms with Crippen molar-refractivity contribution in [1.82, 2.24) is 9.55 Å². The molecular formula is C10H15N3O5. The van der Waals surface area contributed by atoms with E-state index < -0.39 is 36.3 Å². The molecule has 1 fully saturated rings. The van der Waals surface area contributed by atoms with E-state index in [1.54, 1.807) is 0 Å². The second-order valence-corrected chi connectivity index (χ2v) is 4.26. The van der Waals surface area contributed by atoms with Crippen molar-refractivity contribution < 1.29 is 20.1 Å². The molecule has 2 rings (SSSR count). The van der Waals surface area contributed by atoms with Gasteiger partial charge >= 0.3 is 5.69 Å². The van der Waals surface area contributed by atoms with Gasteiger partial charge in [-0.05, 0) is 13.0 Å². The van der Waals surface area contributed by atoms with Gasteiger partial charge in [-0.25, -0.2) is 4.79 Å². The van der Waals surface area contributed by atoms with Gasteiger partial charge in [-0.1, -0.05) is 0 Å². The molecule has 1 aliphatic heterocycles. The first kappa shape index (κ1) is 13.0. The Morgan fingerprint density at radius 2 is 2.17 bits per heavy atom. The third-order valence-electron chi connectivity index (χ3n) is 2.88. The third-order valence-corrected chi connectivity index (χ3v) is 2.88. The van der Waals surface area contributed by atoms with Gasteiger partial charge in [-0.2, -0.15) is 4.98 Å². The van der Waals surface area contributed by atoms with Crippen LogP contribution in [-0.2, 0) is 4.74 Å². The van der Waals surface area contributed by atoms with Crippen molar-refractivity contribution in [1.29, 1.82) is 0 Å². The molecule has 0 radical (unpaired) electrons. The molecule has 100 valence electrons. The van der Waals surface area contributed by atoms with E-state index in [2.05, 4.69) is 4.98 Å². The van der Waals surface area contributed by atoms with Crippen molar-refractivity contribution in [2.24, 2.45) is 0 Å². The van der Waals surface area contributed by atoms with Gasteiger partial charge in [0.15, 0.2) is 6.23 Å². The molecule has 5 atom stereocenters. The summed E-state index contributed by atoms with van der Waals surface area (Å²) in [4.78, 5) is 15.1. The molecule has 1 saturated heterocycles. The fraction of sp³-hybridized carbons (Fsp3) is 0.600. The first-order chi connectivity index (χ1) is 8.41. The zero-order valence-electron chi connectivity index (χ0n) is 9.67. The number of aliphatic hydroxyl groups excluding tert-OH is 3. The molecule has 0 aliphatic carbocycles. The summed E-state index contributed by atoms with van der Waals surface area (Å²) in [6.45, 7) is 1.42. The molecule has 0 bridgehead atoms. The molecule has 1 aliphatic rings. The SMILES string of the molecule is CC(O)C1OC(n2ccc(N)nc2=O)C(O)C1O. The van der Waals surface area contributed by atoms with E-state index in [4.69, 9.17) is 10.5 Å².